The van der Waals surface area contributed by atoms with Crippen molar-refractivity contribution in [1.82, 2.24) is 29.8 Å². The van der Waals surface area contributed by atoms with Crippen LogP contribution in [0.2, 0.25) is 0 Å². The van der Waals surface area contributed by atoms with E-state index in [0.29, 0.717) is 23.7 Å². The van der Waals surface area contributed by atoms with Crippen LogP contribution in [0.1, 0.15) is 46.4 Å². The van der Waals surface area contributed by atoms with Gasteiger partial charge >= 0.3 is 0 Å². The topological polar surface area (TPSA) is 89.9 Å². The van der Waals surface area contributed by atoms with Crippen molar-refractivity contribution in [2.24, 2.45) is 7.05 Å². The summed E-state index contributed by atoms with van der Waals surface area (Å²) in [5.74, 6) is 1.26. The van der Waals surface area contributed by atoms with Crippen LogP contribution in [0, 0.1) is 13.8 Å². The highest BCUT2D eigenvalue weighted by Gasteiger charge is 2.32. The van der Waals surface area contributed by atoms with Crippen molar-refractivity contribution in [2.45, 2.75) is 32.7 Å². The van der Waals surface area contributed by atoms with Crippen LogP contribution in [-0.4, -0.2) is 42.3 Å². The number of nitrogens with zero attached hydrogens (tertiary/aromatic N) is 6. The third-order valence-electron chi connectivity index (χ3n) is 4.74. The minimum atomic E-state index is -0.0649. The molecule has 1 atom stereocenters. The number of hydrogen-bond donors (Lipinski definition) is 0. The average molecular weight is 352 g/mol. The first-order chi connectivity index (χ1) is 12.5. The highest BCUT2D eigenvalue weighted by Crippen LogP contribution is 2.33. The third kappa shape index (κ3) is 2.77. The molecule has 0 N–H and O–H groups in total. The van der Waals surface area contributed by atoms with Crippen molar-refractivity contribution < 1.29 is 9.32 Å². The van der Waals surface area contributed by atoms with E-state index in [2.05, 4.69) is 15.2 Å². The Labute approximate surface area is 150 Å². The molecule has 1 aliphatic heterocycles. The molecule has 4 rings (SSSR count). The van der Waals surface area contributed by atoms with Crippen LogP contribution in [-0.2, 0) is 7.05 Å². The Morgan fingerprint density at radius 1 is 1.35 bits per heavy atom. The molecule has 0 saturated carbocycles. The normalized spacial score (nSPS) is 17.0. The highest BCUT2D eigenvalue weighted by molar-refractivity contribution is 5.94. The quantitative estimate of drug-likeness (QED) is 0.719. The Balaban J connectivity index is 1.66. The molecule has 3 aromatic rings. The van der Waals surface area contributed by atoms with Gasteiger partial charge in [0.25, 0.3) is 5.91 Å². The molecular weight excluding hydrogens is 332 g/mol. The monoisotopic (exact) mass is 352 g/mol. The highest BCUT2D eigenvalue weighted by atomic mass is 16.5. The molecule has 0 aromatic carbocycles. The van der Waals surface area contributed by atoms with E-state index in [4.69, 9.17) is 9.51 Å². The molecule has 4 heterocycles. The molecule has 0 radical (unpaired) electrons. The van der Waals surface area contributed by atoms with E-state index >= 15 is 0 Å². The lowest BCUT2D eigenvalue weighted by Crippen LogP contribution is -2.30. The van der Waals surface area contributed by atoms with Crippen molar-refractivity contribution in [3.63, 3.8) is 0 Å². The summed E-state index contributed by atoms with van der Waals surface area (Å²) in [4.78, 5) is 23.8. The van der Waals surface area contributed by atoms with Crippen molar-refractivity contribution in [2.75, 3.05) is 6.54 Å². The fourth-order valence-corrected chi connectivity index (χ4v) is 3.50. The summed E-state index contributed by atoms with van der Waals surface area (Å²) < 4.78 is 6.87. The number of amides is 1. The van der Waals surface area contributed by atoms with E-state index in [-0.39, 0.29) is 11.9 Å². The first-order valence-electron chi connectivity index (χ1n) is 8.60. The lowest BCUT2D eigenvalue weighted by molar-refractivity contribution is 0.0733. The number of carbonyl (C=O) groups is 1. The van der Waals surface area contributed by atoms with E-state index in [1.165, 1.54) is 0 Å². The van der Waals surface area contributed by atoms with Crippen molar-refractivity contribution in [3.05, 3.63) is 47.4 Å². The SMILES string of the molecule is Cc1noc(C)c1-c1nccc([C@@H]2CCCN2C(=O)c2cnn(C)c2)n1. The minimum Gasteiger partial charge on any atom is -0.361 e. The van der Waals surface area contributed by atoms with Gasteiger partial charge in [0.05, 0.1) is 34.8 Å². The maximum absolute atomic E-state index is 12.9. The maximum atomic E-state index is 12.9. The molecule has 8 nitrogen and oxygen atoms in total. The van der Waals surface area contributed by atoms with Gasteiger partial charge in [-0.1, -0.05) is 5.16 Å². The van der Waals surface area contributed by atoms with E-state index in [1.807, 2.05) is 24.8 Å². The Morgan fingerprint density at radius 3 is 2.88 bits per heavy atom. The van der Waals surface area contributed by atoms with Crippen LogP contribution >= 0.6 is 0 Å². The zero-order valence-corrected chi connectivity index (χ0v) is 15.0. The van der Waals surface area contributed by atoms with Gasteiger partial charge in [-0.25, -0.2) is 9.97 Å². The Kier molecular flexibility index (Phi) is 4.02. The Hall–Kier alpha value is -3.03. The molecule has 0 spiro atoms. The maximum Gasteiger partial charge on any atom is 0.257 e. The molecule has 1 aliphatic rings. The largest absolute Gasteiger partial charge is 0.361 e. The van der Waals surface area contributed by atoms with Crippen molar-refractivity contribution in [3.8, 4) is 11.4 Å². The lowest BCUT2D eigenvalue weighted by atomic mass is 10.1. The minimum absolute atomic E-state index is 0.0156. The summed E-state index contributed by atoms with van der Waals surface area (Å²) in [5, 5.41) is 8.08. The number of hydrogen-bond acceptors (Lipinski definition) is 6. The predicted molar refractivity (Wildman–Crippen MR) is 93.2 cm³/mol. The number of aryl methyl sites for hydroxylation is 3. The number of rotatable bonds is 3. The number of likely N-dealkylation sites (tertiary alicyclic amines) is 1. The smallest absolute Gasteiger partial charge is 0.257 e. The first-order valence-corrected chi connectivity index (χ1v) is 8.60. The van der Waals surface area contributed by atoms with Gasteiger partial charge in [0.15, 0.2) is 5.82 Å². The lowest BCUT2D eigenvalue weighted by Gasteiger charge is -2.24. The van der Waals surface area contributed by atoms with Gasteiger partial charge < -0.3 is 9.42 Å². The standard InChI is InChI=1S/C18H20N6O2/c1-11-16(12(2)26-22-11)17-19-7-6-14(21-17)15-5-4-8-24(15)18(25)13-9-20-23(3)10-13/h6-7,9-10,15H,4-5,8H2,1-3H3/t15-/m0/s1. The van der Waals surface area contributed by atoms with Gasteiger partial charge in [0, 0.05) is 26.0 Å². The van der Waals surface area contributed by atoms with Gasteiger partial charge in [-0.2, -0.15) is 5.10 Å². The summed E-state index contributed by atoms with van der Waals surface area (Å²) >= 11 is 0. The third-order valence-corrected chi connectivity index (χ3v) is 4.74. The molecule has 26 heavy (non-hydrogen) atoms. The summed E-state index contributed by atoms with van der Waals surface area (Å²) in [5.41, 5.74) is 3.01. The fraction of sp³-hybridized carbons (Fsp3) is 0.389. The second-order valence-corrected chi connectivity index (χ2v) is 6.56. The van der Waals surface area contributed by atoms with E-state index < -0.39 is 0 Å². The summed E-state index contributed by atoms with van der Waals surface area (Å²) in [6.07, 6.45) is 6.90. The van der Waals surface area contributed by atoms with Gasteiger partial charge in [-0.3, -0.25) is 9.48 Å². The van der Waals surface area contributed by atoms with Crippen molar-refractivity contribution >= 4 is 5.91 Å². The van der Waals surface area contributed by atoms with E-state index in [1.54, 1.807) is 30.3 Å². The molecule has 0 aliphatic carbocycles. The number of carbonyl (C=O) groups excluding carboxylic acids is 1. The zero-order chi connectivity index (χ0) is 18.3. The van der Waals surface area contributed by atoms with Crippen LogP contribution < -0.4 is 0 Å². The van der Waals surface area contributed by atoms with Gasteiger partial charge in [-0.15, -0.1) is 0 Å². The molecule has 1 saturated heterocycles. The van der Waals surface area contributed by atoms with Gasteiger partial charge in [-0.05, 0) is 32.8 Å². The molecule has 0 bridgehead atoms. The summed E-state index contributed by atoms with van der Waals surface area (Å²) in [7, 11) is 1.80. The molecule has 0 unspecified atom stereocenters. The van der Waals surface area contributed by atoms with Gasteiger partial charge in [0.2, 0.25) is 0 Å². The molecular formula is C18H20N6O2. The van der Waals surface area contributed by atoms with Crippen LogP contribution in [0.15, 0.2) is 29.2 Å². The molecule has 1 fully saturated rings. The van der Waals surface area contributed by atoms with Gasteiger partial charge in [0.1, 0.15) is 5.76 Å². The van der Waals surface area contributed by atoms with Crippen LogP contribution in [0.4, 0.5) is 0 Å². The van der Waals surface area contributed by atoms with Crippen molar-refractivity contribution in [1.29, 1.82) is 0 Å². The summed E-state index contributed by atoms with van der Waals surface area (Å²) in [6.45, 7) is 4.43. The van der Waals surface area contributed by atoms with Crippen LogP contribution in [0.3, 0.4) is 0 Å². The Morgan fingerprint density at radius 2 is 2.19 bits per heavy atom. The summed E-state index contributed by atoms with van der Waals surface area (Å²) in [6, 6.07) is 1.81. The fourth-order valence-electron chi connectivity index (χ4n) is 3.50. The van der Waals surface area contributed by atoms with E-state index in [9.17, 15) is 4.79 Å². The molecule has 8 heteroatoms. The molecule has 1 amide bonds. The first kappa shape index (κ1) is 16.4. The number of aromatic nitrogens is 5. The Bertz CT molecular complexity index is 941. The van der Waals surface area contributed by atoms with E-state index in [0.717, 1.165) is 29.8 Å². The molecule has 3 aromatic heterocycles. The zero-order valence-electron chi connectivity index (χ0n) is 15.0. The van der Waals surface area contributed by atoms with Crippen LogP contribution in [0.5, 0.6) is 0 Å². The average Bonchev–Trinajstić information content (AvgIpc) is 3.35. The second-order valence-electron chi connectivity index (χ2n) is 6.56. The van der Waals surface area contributed by atoms with Crippen LogP contribution in [0.25, 0.3) is 11.4 Å². The molecule has 134 valence electrons. The predicted octanol–water partition coefficient (Wildman–Crippen LogP) is 2.46. The second kappa shape index (κ2) is 6.36.